The highest BCUT2D eigenvalue weighted by molar-refractivity contribution is 6.13. The molecule has 0 saturated heterocycles. The fourth-order valence-corrected chi connectivity index (χ4v) is 6.23. The number of benzene rings is 6. The van der Waals surface area contributed by atoms with E-state index in [2.05, 4.69) is 80.6 Å². The second-order valence-corrected chi connectivity index (χ2v) is 11.3. The number of aryl methyl sites for hydroxylation is 2. The summed E-state index contributed by atoms with van der Waals surface area (Å²) in [6, 6.07) is 47.8. The van der Waals surface area contributed by atoms with Crippen LogP contribution in [0.15, 0.2) is 144 Å². The first-order valence-corrected chi connectivity index (χ1v) is 15.1. The summed E-state index contributed by atoms with van der Waals surface area (Å²) in [5.41, 5.74) is 11.7. The zero-order valence-electron chi connectivity index (χ0n) is 25.0. The van der Waals surface area contributed by atoms with Crippen LogP contribution in [0.1, 0.15) is 11.1 Å². The second-order valence-electron chi connectivity index (χ2n) is 11.3. The molecule has 0 atom stereocenters. The maximum Gasteiger partial charge on any atom is 0.164 e. The average Bonchev–Trinajstić information content (AvgIpc) is 3.47. The topological polar surface area (TPSA) is 51.8 Å². The summed E-state index contributed by atoms with van der Waals surface area (Å²) in [4.78, 5) is 14.9. The number of hydrogen-bond acceptors (Lipinski definition) is 4. The Kier molecular flexibility index (Phi) is 6.54. The lowest BCUT2D eigenvalue weighted by Gasteiger charge is -2.15. The Morgan fingerprint density at radius 2 is 1.00 bits per heavy atom. The van der Waals surface area contributed by atoms with Gasteiger partial charge in [-0.05, 0) is 65.4 Å². The van der Waals surface area contributed by atoms with Crippen LogP contribution in [0, 0.1) is 13.8 Å². The Balaban J connectivity index is 1.36. The summed E-state index contributed by atoms with van der Waals surface area (Å²) in [6.45, 7) is 4.36. The fraction of sp³-hybridized carbons (Fsp3) is 0.0488. The lowest BCUT2D eigenvalue weighted by molar-refractivity contribution is 0.669. The van der Waals surface area contributed by atoms with E-state index < -0.39 is 0 Å². The summed E-state index contributed by atoms with van der Waals surface area (Å²) >= 11 is 0. The summed E-state index contributed by atoms with van der Waals surface area (Å²) in [5.74, 6) is 1.87. The van der Waals surface area contributed by atoms with Gasteiger partial charge >= 0.3 is 0 Å². The van der Waals surface area contributed by atoms with E-state index in [0.29, 0.717) is 17.5 Å². The Bertz CT molecular complexity index is 2280. The highest BCUT2D eigenvalue weighted by atomic mass is 16.3. The van der Waals surface area contributed by atoms with Crippen LogP contribution in [0.25, 0.3) is 78.4 Å². The van der Waals surface area contributed by atoms with Crippen molar-refractivity contribution in [1.29, 1.82) is 0 Å². The predicted molar refractivity (Wildman–Crippen MR) is 184 cm³/mol. The molecule has 0 N–H and O–H groups in total. The minimum absolute atomic E-state index is 0.609. The molecule has 0 aliphatic rings. The van der Waals surface area contributed by atoms with Crippen molar-refractivity contribution < 1.29 is 4.42 Å². The molecule has 4 heteroatoms. The largest absolute Gasteiger partial charge is 0.456 e. The van der Waals surface area contributed by atoms with E-state index in [1.54, 1.807) is 0 Å². The molecule has 45 heavy (non-hydrogen) atoms. The van der Waals surface area contributed by atoms with E-state index >= 15 is 0 Å². The molecule has 8 rings (SSSR count). The van der Waals surface area contributed by atoms with Crippen molar-refractivity contribution in [3.05, 3.63) is 151 Å². The van der Waals surface area contributed by atoms with Gasteiger partial charge in [0, 0.05) is 27.5 Å². The van der Waals surface area contributed by atoms with Gasteiger partial charge in [-0.15, -0.1) is 0 Å². The molecule has 0 aliphatic heterocycles. The van der Waals surface area contributed by atoms with Crippen molar-refractivity contribution in [3.63, 3.8) is 0 Å². The quantitative estimate of drug-likeness (QED) is 0.203. The second kappa shape index (κ2) is 11.0. The van der Waals surface area contributed by atoms with E-state index in [9.17, 15) is 0 Å². The fourth-order valence-electron chi connectivity index (χ4n) is 6.23. The number of hydrogen-bond donors (Lipinski definition) is 0. The van der Waals surface area contributed by atoms with Gasteiger partial charge in [0.15, 0.2) is 17.5 Å². The van der Waals surface area contributed by atoms with Gasteiger partial charge in [-0.3, -0.25) is 0 Å². The van der Waals surface area contributed by atoms with Crippen LogP contribution in [0.3, 0.4) is 0 Å². The minimum Gasteiger partial charge on any atom is -0.456 e. The Morgan fingerprint density at radius 3 is 1.71 bits per heavy atom. The molecule has 0 radical (unpaired) electrons. The van der Waals surface area contributed by atoms with Crippen LogP contribution >= 0.6 is 0 Å². The first-order valence-electron chi connectivity index (χ1n) is 15.1. The molecule has 214 valence electrons. The molecule has 0 spiro atoms. The first kappa shape index (κ1) is 26.7. The molecule has 4 nitrogen and oxygen atoms in total. The number of fused-ring (bicyclic) bond motifs is 3. The summed E-state index contributed by atoms with van der Waals surface area (Å²) in [6.07, 6.45) is 0. The van der Waals surface area contributed by atoms with Crippen molar-refractivity contribution in [1.82, 2.24) is 15.0 Å². The molecule has 8 aromatic rings. The summed E-state index contributed by atoms with van der Waals surface area (Å²) in [7, 11) is 0. The molecule has 0 amide bonds. The van der Waals surface area contributed by atoms with Crippen molar-refractivity contribution in [2.24, 2.45) is 0 Å². The predicted octanol–water partition coefficient (Wildman–Crippen LogP) is 10.7. The average molecular weight is 580 g/mol. The number of furan rings is 1. The molecule has 0 saturated carbocycles. The van der Waals surface area contributed by atoms with Gasteiger partial charge in [-0.2, -0.15) is 0 Å². The molecular formula is C41H29N3O. The Morgan fingerprint density at radius 1 is 0.422 bits per heavy atom. The zero-order valence-corrected chi connectivity index (χ0v) is 25.0. The van der Waals surface area contributed by atoms with E-state index in [0.717, 1.165) is 44.2 Å². The molecule has 0 fully saturated rings. The van der Waals surface area contributed by atoms with Crippen molar-refractivity contribution in [3.8, 4) is 56.4 Å². The Labute approximate surface area is 261 Å². The maximum atomic E-state index is 6.42. The molecule has 6 aromatic carbocycles. The van der Waals surface area contributed by atoms with Crippen LogP contribution in [0.4, 0.5) is 0 Å². The maximum absolute atomic E-state index is 6.42. The van der Waals surface area contributed by atoms with E-state index in [1.807, 2.05) is 72.8 Å². The Hall–Kier alpha value is -5.87. The van der Waals surface area contributed by atoms with Gasteiger partial charge in [0.2, 0.25) is 0 Å². The third-order valence-corrected chi connectivity index (χ3v) is 8.43. The van der Waals surface area contributed by atoms with Crippen molar-refractivity contribution in [2.45, 2.75) is 13.8 Å². The molecule has 0 aliphatic carbocycles. The van der Waals surface area contributed by atoms with Gasteiger partial charge in [-0.1, -0.05) is 121 Å². The normalized spacial score (nSPS) is 11.3. The standard InChI is InChI=1S/C41H29N3O/c1-26-13-9-10-19-31(26)37-27(2)14-11-20-32(37)30-23-24-35-34(25-30)38-33(21-12-22-36(38)45-35)41-43-39(28-15-5-3-6-16-28)42-40(44-41)29-17-7-4-8-18-29/h3-25H,1-2H3. The van der Waals surface area contributed by atoms with Crippen LogP contribution in [-0.2, 0) is 0 Å². The van der Waals surface area contributed by atoms with Gasteiger partial charge in [-0.25, -0.2) is 15.0 Å². The number of aromatic nitrogens is 3. The lowest BCUT2D eigenvalue weighted by atomic mass is 9.88. The highest BCUT2D eigenvalue weighted by Gasteiger charge is 2.19. The van der Waals surface area contributed by atoms with E-state index in [4.69, 9.17) is 19.4 Å². The molecule has 0 unspecified atom stereocenters. The van der Waals surface area contributed by atoms with Crippen LogP contribution in [0.2, 0.25) is 0 Å². The smallest absolute Gasteiger partial charge is 0.164 e. The number of rotatable bonds is 5. The zero-order chi connectivity index (χ0) is 30.3. The third-order valence-electron chi connectivity index (χ3n) is 8.43. The van der Waals surface area contributed by atoms with Crippen molar-refractivity contribution >= 4 is 21.9 Å². The monoisotopic (exact) mass is 579 g/mol. The van der Waals surface area contributed by atoms with E-state index in [1.165, 1.54) is 27.8 Å². The molecule has 2 heterocycles. The van der Waals surface area contributed by atoms with Crippen molar-refractivity contribution in [2.75, 3.05) is 0 Å². The number of nitrogens with zero attached hydrogens (tertiary/aromatic N) is 3. The first-order chi connectivity index (χ1) is 22.1. The van der Waals surface area contributed by atoms with Gasteiger partial charge in [0.05, 0.1) is 0 Å². The van der Waals surface area contributed by atoms with E-state index in [-0.39, 0.29) is 0 Å². The van der Waals surface area contributed by atoms with Crippen LogP contribution in [-0.4, -0.2) is 15.0 Å². The lowest BCUT2D eigenvalue weighted by Crippen LogP contribution is -2.00. The van der Waals surface area contributed by atoms with Gasteiger partial charge in [0.1, 0.15) is 11.2 Å². The molecular weight excluding hydrogens is 550 g/mol. The molecule has 0 bridgehead atoms. The minimum atomic E-state index is 0.609. The third kappa shape index (κ3) is 4.77. The van der Waals surface area contributed by atoms with Gasteiger partial charge < -0.3 is 4.42 Å². The molecule has 2 aromatic heterocycles. The van der Waals surface area contributed by atoms with Gasteiger partial charge in [0.25, 0.3) is 0 Å². The summed E-state index contributed by atoms with van der Waals surface area (Å²) < 4.78 is 6.42. The van der Waals surface area contributed by atoms with Crippen LogP contribution < -0.4 is 0 Å². The SMILES string of the molecule is Cc1ccccc1-c1c(C)cccc1-c1ccc2oc3cccc(-c4nc(-c5ccccc5)nc(-c5ccccc5)n4)c3c2c1. The summed E-state index contributed by atoms with van der Waals surface area (Å²) in [5, 5.41) is 2.02. The van der Waals surface area contributed by atoms with Crippen LogP contribution in [0.5, 0.6) is 0 Å². The highest BCUT2D eigenvalue weighted by Crippen LogP contribution is 2.41.